The number of thioether (sulfide) groups is 1. The first-order valence-corrected chi connectivity index (χ1v) is 8.34. The molecule has 0 radical (unpaired) electrons. The Kier molecular flexibility index (Phi) is 7.09. The maximum absolute atomic E-state index is 11.7. The van der Waals surface area contributed by atoms with Crippen LogP contribution < -0.4 is 10.1 Å². The predicted octanol–water partition coefficient (Wildman–Crippen LogP) is 3.35. The van der Waals surface area contributed by atoms with Crippen LogP contribution in [0.5, 0.6) is 5.75 Å². The highest BCUT2D eigenvalue weighted by atomic mass is 32.2. The van der Waals surface area contributed by atoms with Gasteiger partial charge in [-0.1, -0.05) is 30.0 Å². The van der Waals surface area contributed by atoms with Crippen molar-refractivity contribution >= 4 is 17.7 Å². The molecule has 0 aliphatic heterocycles. The van der Waals surface area contributed by atoms with E-state index >= 15 is 0 Å². The summed E-state index contributed by atoms with van der Waals surface area (Å²) >= 11 is 1.65. The molecular weight excluding hydrogens is 306 g/mol. The normalized spacial score (nSPS) is 9.61. The fraction of sp³-hybridized carbons (Fsp3) is 0.211. The van der Waals surface area contributed by atoms with Crippen LogP contribution in [0.25, 0.3) is 0 Å². The minimum absolute atomic E-state index is 0.0216. The lowest BCUT2D eigenvalue weighted by molar-refractivity contribution is -0.120. The molecule has 0 saturated heterocycles. The minimum Gasteiger partial charge on any atom is -0.497 e. The van der Waals surface area contributed by atoms with Gasteiger partial charge in [-0.25, -0.2) is 0 Å². The van der Waals surface area contributed by atoms with Crippen molar-refractivity contribution < 1.29 is 9.53 Å². The van der Waals surface area contributed by atoms with Gasteiger partial charge in [-0.3, -0.25) is 4.79 Å². The van der Waals surface area contributed by atoms with Crippen LogP contribution in [-0.2, 0) is 4.79 Å². The van der Waals surface area contributed by atoms with E-state index in [9.17, 15) is 4.79 Å². The third-order valence-electron chi connectivity index (χ3n) is 3.04. The SMILES string of the molecule is COc1ccc(SCCC(=O)NCC#Cc2ccccc2)cc1. The molecule has 3 nitrogen and oxygen atoms in total. The predicted molar refractivity (Wildman–Crippen MR) is 94.7 cm³/mol. The molecule has 0 fully saturated rings. The Morgan fingerprint density at radius 3 is 2.57 bits per heavy atom. The summed E-state index contributed by atoms with van der Waals surface area (Å²) in [7, 11) is 1.65. The zero-order valence-corrected chi connectivity index (χ0v) is 13.9. The Bertz CT molecular complexity index is 672. The zero-order valence-electron chi connectivity index (χ0n) is 13.0. The van der Waals surface area contributed by atoms with Crippen LogP contribution in [0.2, 0.25) is 0 Å². The first kappa shape index (κ1) is 17.0. The lowest BCUT2D eigenvalue weighted by atomic mass is 10.2. The van der Waals surface area contributed by atoms with Gasteiger partial charge in [0.1, 0.15) is 5.75 Å². The van der Waals surface area contributed by atoms with E-state index in [2.05, 4.69) is 17.2 Å². The monoisotopic (exact) mass is 325 g/mol. The number of carbonyl (C=O) groups excluding carboxylic acids is 1. The molecular formula is C19H19NO2S. The van der Waals surface area contributed by atoms with Crippen LogP contribution >= 0.6 is 11.8 Å². The molecule has 1 N–H and O–H groups in total. The van der Waals surface area contributed by atoms with Gasteiger partial charge >= 0.3 is 0 Å². The summed E-state index contributed by atoms with van der Waals surface area (Å²) in [6.45, 7) is 0.376. The summed E-state index contributed by atoms with van der Waals surface area (Å²) in [6.07, 6.45) is 0.476. The first-order chi connectivity index (χ1) is 11.3. The Labute approximate surface area is 141 Å². The Hall–Kier alpha value is -2.38. The molecule has 0 spiro atoms. The fourth-order valence-electron chi connectivity index (χ4n) is 1.83. The smallest absolute Gasteiger partial charge is 0.221 e. The molecule has 2 aromatic carbocycles. The van der Waals surface area contributed by atoms with Crippen molar-refractivity contribution in [3.05, 3.63) is 60.2 Å². The number of amides is 1. The van der Waals surface area contributed by atoms with E-state index in [1.54, 1.807) is 18.9 Å². The summed E-state index contributed by atoms with van der Waals surface area (Å²) in [5.41, 5.74) is 0.955. The number of hydrogen-bond donors (Lipinski definition) is 1. The van der Waals surface area contributed by atoms with E-state index in [-0.39, 0.29) is 5.91 Å². The van der Waals surface area contributed by atoms with Crippen molar-refractivity contribution in [3.63, 3.8) is 0 Å². The Morgan fingerprint density at radius 2 is 1.87 bits per heavy atom. The second-order valence-electron chi connectivity index (χ2n) is 4.72. The fourth-order valence-corrected chi connectivity index (χ4v) is 2.68. The highest BCUT2D eigenvalue weighted by Gasteiger charge is 2.01. The molecule has 0 saturated carbocycles. The molecule has 0 bridgehead atoms. The van der Waals surface area contributed by atoms with E-state index < -0.39 is 0 Å². The maximum atomic E-state index is 11.7. The van der Waals surface area contributed by atoms with Crippen LogP contribution in [0.15, 0.2) is 59.5 Å². The second-order valence-corrected chi connectivity index (χ2v) is 5.89. The molecule has 2 rings (SSSR count). The average Bonchev–Trinajstić information content (AvgIpc) is 2.60. The minimum atomic E-state index is 0.0216. The second kappa shape index (κ2) is 9.60. The average molecular weight is 325 g/mol. The van der Waals surface area contributed by atoms with Crippen LogP contribution in [-0.4, -0.2) is 25.3 Å². The molecule has 0 aromatic heterocycles. The van der Waals surface area contributed by atoms with Crippen molar-refractivity contribution in [3.8, 4) is 17.6 Å². The number of ether oxygens (including phenoxy) is 1. The summed E-state index contributed by atoms with van der Waals surface area (Å²) in [4.78, 5) is 12.9. The van der Waals surface area contributed by atoms with E-state index in [0.717, 1.165) is 22.0 Å². The number of benzene rings is 2. The van der Waals surface area contributed by atoms with Gasteiger partial charge < -0.3 is 10.1 Å². The van der Waals surface area contributed by atoms with Crippen molar-refractivity contribution in [2.75, 3.05) is 19.4 Å². The van der Waals surface area contributed by atoms with Crippen LogP contribution in [0.4, 0.5) is 0 Å². The number of nitrogens with one attached hydrogen (secondary N) is 1. The van der Waals surface area contributed by atoms with Gasteiger partial charge in [0.15, 0.2) is 0 Å². The van der Waals surface area contributed by atoms with Crippen LogP contribution in [0.1, 0.15) is 12.0 Å². The van der Waals surface area contributed by atoms with Gasteiger partial charge in [-0.15, -0.1) is 11.8 Å². The topological polar surface area (TPSA) is 38.3 Å². The van der Waals surface area contributed by atoms with Crippen molar-refractivity contribution in [2.24, 2.45) is 0 Å². The number of rotatable bonds is 6. The molecule has 4 heteroatoms. The number of methoxy groups -OCH3 is 1. The standard InChI is InChI=1S/C19H19NO2S/c1-22-17-9-11-18(12-10-17)23-15-13-19(21)20-14-5-8-16-6-3-2-4-7-16/h2-4,6-7,9-12H,13-15H2,1H3,(H,20,21). The van der Waals surface area contributed by atoms with E-state index in [1.807, 2.05) is 54.6 Å². The third-order valence-corrected chi connectivity index (χ3v) is 4.05. The Morgan fingerprint density at radius 1 is 1.13 bits per heavy atom. The molecule has 0 unspecified atom stereocenters. The van der Waals surface area contributed by atoms with Crippen LogP contribution in [0.3, 0.4) is 0 Å². The first-order valence-electron chi connectivity index (χ1n) is 7.35. The largest absolute Gasteiger partial charge is 0.497 e. The van der Waals surface area contributed by atoms with Gasteiger partial charge in [0.05, 0.1) is 13.7 Å². The lowest BCUT2D eigenvalue weighted by Gasteiger charge is -2.03. The molecule has 0 aliphatic carbocycles. The van der Waals surface area contributed by atoms with Crippen molar-refractivity contribution in [1.82, 2.24) is 5.32 Å². The van der Waals surface area contributed by atoms with Crippen molar-refractivity contribution in [2.45, 2.75) is 11.3 Å². The van der Waals surface area contributed by atoms with Crippen molar-refractivity contribution in [1.29, 1.82) is 0 Å². The number of hydrogen-bond acceptors (Lipinski definition) is 3. The lowest BCUT2D eigenvalue weighted by Crippen LogP contribution is -2.23. The van der Waals surface area contributed by atoms with Gasteiger partial charge in [0.25, 0.3) is 0 Å². The highest BCUT2D eigenvalue weighted by Crippen LogP contribution is 2.21. The van der Waals surface area contributed by atoms with Gasteiger partial charge in [0, 0.05) is 22.6 Å². The van der Waals surface area contributed by atoms with Crippen LogP contribution in [0, 0.1) is 11.8 Å². The number of carbonyl (C=O) groups is 1. The highest BCUT2D eigenvalue weighted by molar-refractivity contribution is 7.99. The molecule has 1 amide bonds. The van der Waals surface area contributed by atoms with Gasteiger partial charge in [0.2, 0.25) is 5.91 Å². The summed E-state index contributed by atoms with van der Waals surface area (Å²) in [6, 6.07) is 17.6. The summed E-state index contributed by atoms with van der Waals surface area (Å²) in [5, 5.41) is 2.81. The van der Waals surface area contributed by atoms with E-state index in [0.29, 0.717) is 13.0 Å². The zero-order chi connectivity index (χ0) is 16.3. The molecule has 0 aliphatic rings. The molecule has 2 aromatic rings. The maximum Gasteiger partial charge on any atom is 0.221 e. The molecule has 118 valence electrons. The third kappa shape index (κ3) is 6.50. The Balaban J connectivity index is 1.64. The molecule has 0 heterocycles. The summed E-state index contributed by atoms with van der Waals surface area (Å²) in [5.74, 6) is 7.56. The van der Waals surface area contributed by atoms with Gasteiger partial charge in [-0.2, -0.15) is 0 Å². The van der Waals surface area contributed by atoms with E-state index in [4.69, 9.17) is 4.74 Å². The quantitative estimate of drug-likeness (QED) is 0.654. The van der Waals surface area contributed by atoms with Gasteiger partial charge in [-0.05, 0) is 36.4 Å². The molecule has 0 atom stereocenters. The molecule has 23 heavy (non-hydrogen) atoms. The summed E-state index contributed by atoms with van der Waals surface area (Å²) < 4.78 is 5.11. The van der Waals surface area contributed by atoms with E-state index in [1.165, 1.54) is 0 Å².